The summed E-state index contributed by atoms with van der Waals surface area (Å²) in [7, 11) is 0. The van der Waals surface area contributed by atoms with Crippen molar-refractivity contribution in [1.29, 1.82) is 0 Å². The summed E-state index contributed by atoms with van der Waals surface area (Å²) < 4.78 is 175. The van der Waals surface area contributed by atoms with E-state index in [1.165, 1.54) is 0 Å². The number of hydrogen-bond acceptors (Lipinski definition) is 1. The zero-order chi connectivity index (χ0) is 60.4. The fourth-order valence-corrected chi connectivity index (χ4v) is 9.24. The van der Waals surface area contributed by atoms with Crippen LogP contribution in [0.4, 0.5) is 17.1 Å². The fourth-order valence-electron chi connectivity index (χ4n) is 9.24. The van der Waals surface area contributed by atoms with E-state index in [4.69, 9.17) is 11.0 Å². The summed E-state index contributed by atoms with van der Waals surface area (Å²) in [4.78, 5) is 1.61. The van der Waals surface area contributed by atoms with Crippen molar-refractivity contribution >= 4 is 27.8 Å². The Morgan fingerprint density at radius 3 is 1.58 bits per heavy atom. The second kappa shape index (κ2) is 16.6. The van der Waals surface area contributed by atoms with Crippen molar-refractivity contribution in [3.8, 4) is 55.6 Å². The van der Waals surface area contributed by atoms with Crippen molar-refractivity contribution in [2.75, 3.05) is 4.90 Å². The first-order valence-electron chi connectivity index (χ1n) is 30.8. The van der Waals surface area contributed by atoms with E-state index in [0.29, 0.717) is 11.4 Å². The average Bonchev–Trinajstić information content (AvgIpc) is 1.72. The van der Waals surface area contributed by atoms with Gasteiger partial charge in [0.15, 0.2) is 0 Å². The predicted octanol–water partition coefficient (Wildman–Crippen LogP) is 17.3. The van der Waals surface area contributed by atoms with Crippen molar-refractivity contribution in [3.05, 3.63) is 295 Å². The number of benzene rings is 11. The molecule has 1 heteroatoms. The lowest BCUT2D eigenvalue weighted by Gasteiger charge is -2.35. The van der Waals surface area contributed by atoms with Crippen molar-refractivity contribution in [1.82, 2.24) is 0 Å². The lowest BCUT2D eigenvalue weighted by molar-refractivity contribution is 0.768. The third kappa shape index (κ3) is 6.64. The van der Waals surface area contributed by atoms with Crippen LogP contribution in [0.1, 0.15) is 48.3 Å². The van der Waals surface area contributed by atoms with Crippen molar-refractivity contribution in [2.24, 2.45) is 0 Å². The van der Waals surface area contributed by atoms with Crippen LogP contribution in [0.2, 0.25) is 0 Å². The number of hydrogen-bond donors (Lipinski definition) is 0. The van der Waals surface area contributed by atoms with Crippen LogP contribution >= 0.6 is 0 Å². The van der Waals surface area contributed by atoms with Crippen molar-refractivity contribution in [2.45, 2.75) is 5.41 Å². The second-order valence-electron chi connectivity index (χ2n) is 15.7. The average molecular weight is 859 g/mol. The minimum absolute atomic E-state index is 0.263. The number of rotatable bonds is 9. The number of fused-ring (bicyclic) bond motifs is 4. The van der Waals surface area contributed by atoms with Gasteiger partial charge in [-0.05, 0) is 125 Å². The summed E-state index contributed by atoms with van der Waals surface area (Å²) in [5.74, 6) is 0. The molecule has 0 fully saturated rings. The summed E-state index contributed by atoms with van der Waals surface area (Å²) >= 11 is 0. The van der Waals surface area contributed by atoms with E-state index in [1.807, 2.05) is 109 Å². The molecule has 0 amide bonds. The highest BCUT2D eigenvalue weighted by Crippen LogP contribution is 2.57. The van der Waals surface area contributed by atoms with Gasteiger partial charge in [0.1, 0.15) is 0 Å². The molecule has 11 aromatic carbocycles. The maximum atomic E-state index is 10.1. The largest absolute Gasteiger partial charge is 0.310 e. The Labute approximate surface area is 413 Å². The minimum atomic E-state index is -0.979. The van der Waals surface area contributed by atoms with E-state index in [0.717, 1.165) is 44.5 Å². The summed E-state index contributed by atoms with van der Waals surface area (Å²) in [5.41, 5.74) is 2.89. The first-order valence-corrected chi connectivity index (χ1v) is 21.3. The highest BCUT2D eigenvalue weighted by Gasteiger charge is 2.46. The highest BCUT2D eigenvalue weighted by molar-refractivity contribution is 6.04. The van der Waals surface area contributed by atoms with Gasteiger partial charge in [-0.1, -0.05) is 236 Å². The van der Waals surface area contributed by atoms with E-state index in [9.17, 15) is 15.1 Å². The molecule has 1 nitrogen and oxygen atoms in total. The topological polar surface area (TPSA) is 3.24 Å². The van der Waals surface area contributed by atoms with Crippen LogP contribution in [0.5, 0.6) is 0 Å². The van der Waals surface area contributed by atoms with E-state index in [2.05, 4.69) is 36.4 Å². The molecular formula is C65H45N. The van der Waals surface area contributed by atoms with Crippen LogP contribution in [-0.4, -0.2) is 0 Å². The molecule has 0 spiro atoms. The Morgan fingerprint density at radius 1 is 0.318 bits per heavy atom. The smallest absolute Gasteiger partial charge is 0.0714 e. The van der Waals surface area contributed by atoms with E-state index in [-0.39, 0.29) is 5.69 Å². The van der Waals surface area contributed by atoms with E-state index >= 15 is 0 Å². The lowest BCUT2D eigenvalue weighted by atomic mass is 9.67. The van der Waals surface area contributed by atoms with Crippen LogP contribution < -0.4 is 4.90 Å². The van der Waals surface area contributed by atoms with Gasteiger partial charge in [0.05, 0.1) is 31.5 Å². The maximum Gasteiger partial charge on any atom is 0.0714 e. The minimum Gasteiger partial charge on any atom is -0.310 e. The number of nitrogens with zero attached hydrogens (tertiary/aromatic N) is 1. The zero-order valence-electron chi connectivity index (χ0n) is 54.0. The quantitative estimate of drug-likeness (QED) is 0.140. The molecule has 0 radical (unpaired) electrons. The monoisotopic (exact) mass is 858 g/mol. The van der Waals surface area contributed by atoms with Crippen LogP contribution in [0, 0.1) is 0 Å². The molecule has 310 valence electrons. The Hall–Kier alpha value is -8.52. The van der Waals surface area contributed by atoms with E-state index < -0.39 is 164 Å². The van der Waals surface area contributed by atoms with Crippen LogP contribution in [0.3, 0.4) is 0 Å². The summed E-state index contributed by atoms with van der Waals surface area (Å²) in [6.07, 6.45) is 0. The molecule has 12 rings (SSSR count). The molecule has 1 aliphatic rings. The van der Waals surface area contributed by atoms with Gasteiger partial charge < -0.3 is 4.90 Å². The second-order valence-corrected chi connectivity index (χ2v) is 15.7. The van der Waals surface area contributed by atoms with Crippen LogP contribution in [0.25, 0.3) is 66.4 Å². The van der Waals surface area contributed by atoms with Gasteiger partial charge in [0.2, 0.25) is 0 Å². The molecule has 1 aliphatic carbocycles. The van der Waals surface area contributed by atoms with Crippen LogP contribution in [0.15, 0.2) is 273 Å². The third-order valence-electron chi connectivity index (χ3n) is 12.1. The lowest BCUT2D eigenvalue weighted by Crippen LogP contribution is -2.28. The van der Waals surface area contributed by atoms with Crippen molar-refractivity contribution < 1.29 is 26.0 Å². The molecule has 0 bridgehead atoms. The first-order chi connectivity index (χ1) is 40.7. The highest BCUT2D eigenvalue weighted by atomic mass is 15.1. The Bertz CT molecular complexity index is 4500. The molecule has 0 aromatic heterocycles. The summed E-state index contributed by atoms with van der Waals surface area (Å²) in [5, 5.41) is -1.18. The number of anilines is 3. The Balaban J connectivity index is 1.17. The molecule has 0 saturated carbocycles. The van der Waals surface area contributed by atoms with Gasteiger partial charge in [-0.2, -0.15) is 0 Å². The van der Waals surface area contributed by atoms with E-state index in [1.54, 1.807) is 17.0 Å². The molecule has 0 aliphatic heterocycles. The van der Waals surface area contributed by atoms with Gasteiger partial charge in [0.25, 0.3) is 0 Å². The zero-order valence-corrected chi connectivity index (χ0v) is 35.0. The normalized spacial score (nSPS) is 16.4. The molecule has 0 heterocycles. The van der Waals surface area contributed by atoms with Crippen LogP contribution in [-0.2, 0) is 5.41 Å². The van der Waals surface area contributed by atoms with Gasteiger partial charge >= 0.3 is 0 Å². The Morgan fingerprint density at radius 2 is 0.864 bits per heavy atom. The molecule has 0 unspecified atom stereocenters. The predicted molar refractivity (Wildman–Crippen MR) is 278 cm³/mol. The van der Waals surface area contributed by atoms with Gasteiger partial charge in [0, 0.05) is 17.1 Å². The van der Waals surface area contributed by atoms with Gasteiger partial charge in [-0.15, -0.1) is 0 Å². The Kier molecular flexibility index (Phi) is 6.01. The molecule has 0 saturated heterocycles. The van der Waals surface area contributed by atoms with Crippen molar-refractivity contribution in [3.63, 3.8) is 0 Å². The third-order valence-corrected chi connectivity index (χ3v) is 12.1. The standard InChI is InChI=1S/C65H45N/c1-5-17-46(18-6-1)48-29-31-52(32-30-48)64-58-26-14-13-21-50(58)37-43-59(64)51-35-40-56(41-36-51)66(55-38-33-49(34-39-55)47-19-7-2-8-20-47)57-42-44-61-60-27-15-16-28-62(60)65(63(61)45-57,53-22-9-3-10-23-53)54-24-11-4-12-25-54/h1-45H/i1D,5D,6D,13D,14D,17D,18D,21D,26D,29D,30D,31D,32D,35D,36D,37D,40D,41D,43D. The van der Waals surface area contributed by atoms with Gasteiger partial charge in [-0.25, -0.2) is 0 Å². The molecule has 11 aromatic rings. The SMILES string of the molecule is [2H]c1c([2H])c([2H])c(-c2c([2H])c([2H])c(-c3c(-c4c([2H])c([2H])c(N(c5ccc(-c6ccccc6)cc5)c5ccc6c(c5)C(c5ccccc5)(c5ccccc5)c5ccccc5-6)c([2H])c4[2H])c([2H])c([2H])c4c([2H])c([2H])c([2H])c([2H])c34)c([2H])c2[2H])c([2H])c1[2H]. The van der Waals surface area contributed by atoms with Gasteiger partial charge in [-0.3, -0.25) is 0 Å². The molecule has 0 N–H and O–H groups in total. The summed E-state index contributed by atoms with van der Waals surface area (Å²) in [6.45, 7) is 0. The fraction of sp³-hybridized carbons (Fsp3) is 0.0154. The first kappa shape index (κ1) is 24.0. The molecular weight excluding hydrogens is 795 g/mol. The summed E-state index contributed by atoms with van der Waals surface area (Å²) in [6, 6.07) is 34.9. The maximum absolute atomic E-state index is 10.1. The molecule has 0 atom stereocenters. The molecule has 66 heavy (non-hydrogen) atoms.